The number of hydrogen-bond acceptors (Lipinski definition) is 13. The lowest BCUT2D eigenvalue weighted by Crippen LogP contribution is -2.73. The summed E-state index contributed by atoms with van der Waals surface area (Å²) >= 11 is 0. The van der Waals surface area contributed by atoms with E-state index in [1.807, 2.05) is 0 Å². The first-order valence-corrected chi connectivity index (χ1v) is 20.9. The Morgan fingerprint density at radius 2 is 1.35 bits per heavy atom. The largest absolute Gasteiger partial charge is 0.396 e. The van der Waals surface area contributed by atoms with Gasteiger partial charge in [0, 0.05) is 22.2 Å². The van der Waals surface area contributed by atoms with E-state index < -0.39 is 96.7 Å². The van der Waals surface area contributed by atoms with Gasteiger partial charge in [-0.15, -0.1) is 0 Å². The van der Waals surface area contributed by atoms with Crippen LogP contribution in [0.2, 0.25) is 0 Å². The number of allylic oxidation sites excluding steroid dienone is 1. The number of fused-ring (bicyclic) bond motifs is 4. The quantitative estimate of drug-likeness (QED) is 0.143. The summed E-state index contributed by atoms with van der Waals surface area (Å²) in [5, 5.41) is 85.4. The molecular formula is C42H68O13. The molecule has 0 unspecified atom stereocenters. The number of aliphatic hydroxyl groups is 8. The second kappa shape index (κ2) is 13.4. The van der Waals surface area contributed by atoms with Crippen molar-refractivity contribution in [3.63, 3.8) is 0 Å². The highest BCUT2D eigenvalue weighted by Crippen LogP contribution is 2.79. The molecule has 314 valence electrons. The third kappa shape index (κ3) is 5.44. The van der Waals surface area contributed by atoms with Crippen molar-refractivity contribution in [1.82, 2.24) is 0 Å². The van der Waals surface area contributed by atoms with Gasteiger partial charge in [-0.1, -0.05) is 53.7 Å². The lowest BCUT2D eigenvalue weighted by atomic mass is 9.32. The summed E-state index contributed by atoms with van der Waals surface area (Å²) in [6.07, 6.45) is -2.29. The van der Waals surface area contributed by atoms with Crippen LogP contribution >= 0.6 is 0 Å². The van der Waals surface area contributed by atoms with E-state index in [1.165, 1.54) is 0 Å². The Morgan fingerprint density at radius 3 is 2.02 bits per heavy atom. The Labute approximate surface area is 325 Å². The van der Waals surface area contributed by atoms with Crippen LogP contribution in [0.5, 0.6) is 0 Å². The van der Waals surface area contributed by atoms with Crippen molar-refractivity contribution in [2.45, 2.75) is 179 Å². The molecule has 21 atom stereocenters. The normalized spacial score (nSPS) is 59.7. The molecule has 0 aromatic heterocycles. The fraction of sp³-hybridized carbons (Fsp3) is 0.952. The third-order valence-electron chi connectivity index (χ3n) is 17.9. The van der Waals surface area contributed by atoms with E-state index in [0.29, 0.717) is 19.4 Å². The van der Waals surface area contributed by atoms with Crippen molar-refractivity contribution in [3.05, 3.63) is 12.2 Å². The fourth-order valence-electron chi connectivity index (χ4n) is 14.3. The van der Waals surface area contributed by atoms with E-state index in [1.54, 1.807) is 6.92 Å². The molecule has 55 heavy (non-hydrogen) atoms. The molecule has 13 nitrogen and oxygen atoms in total. The van der Waals surface area contributed by atoms with Gasteiger partial charge in [-0.3, -0.25) is 0 Å². The molecule has 8 rings (SSSR count). The molecule has 3 aliphatic heterocycles. The average molecular weight is 781 g/mol. The molecule has 1 spiro atoms. The zero-order valence-corrected chi connectivity index (χ0v) is 33.7. The van der Waals surface area contributed by atoms with Gasteiger partial charge in [0.05, 0.1) is 43.7 Å². The van der Waals surface area contributed by atoms with Crippen molar-refractivity contribution in [3.8, 4) is 0 Å². The summed E-state index contributed by atoms with van der Waals surface area (Å²) < 4.78 is 32.6. The minimum atomic E-state index is -1.53. The zero-order chi connectivity index (χ0) is 39.9. The molecule has 13 heteroatoms. The van der Waals surface area contributed by atoms with Crippen LogP contribution in [-0.4, -0.2) is 140 Å². The van der Waals surface area contributed by atoms with Crippen LogP contribution in [0.15, 0.2) is 12.2 Å². The second-order valence-electron chi connectivity index (χ2n) is 21.0. The van der Waals surface area contributed by atoms with Crippen LogP contribution in [0.4, 0.5) is 0 Å². The van der Waals surface area contributed by atoms with Gasteiger partial charge in [0.15, 0.2) is 12.6 Å². The van der Waals surface area contributed by atoms with Crippen LogP contribution in [0.3, 0.4) is 0 Å². The highest BCUT2D eigenvalue weighted by Gasteiger charge is 2.79. The van der Waals surface area contributed by atoms with Gasteiger partial charge in [0.25, 0.3) is 0 Å². The minimum Gasteiger partial charge on any atom is -0.396 e. The summed E-state index contributed by atoms with van der Waals surface area (Å²) in [5.74, 6) is 0.248. The molecule has 8 aliphatic rings. The standard InChI is InChI=1S/C42H68O13/c1-21-28(45)30(47)32(49)34(52-21)54-26-10-11-37(4)23(38(26,5)19-44)8-12-39(6)24(37)9-13-42-25-16-36(2,3)14-15-41(25,20-51-42)27(17-40(39,42)7)55-35-33(50)31(48)29(46)22(18-43)53-35/h9,13,21-35,43-50H,8,10-12,14-20H2,1-7H3/t21-,22-,23-,24-,25-,26+,27+,28+,29-,30+,31+,32-,33-,34+,35+,37+,38+,39-,40+,41-,42+/m1/s1. The lowest BCUT2D eigenvalue weighted by Gasteiger charge is -2.73. The maximum Gasteiger partial charge on any atom is 0.186 e. The van der Waals surface area contributed by atoms with Gasteiger partial charge in [0.1, 0.15) is 42.7 Å². The Morgan fingerprint density at radius 1 is 0.691 bits per heavy atom. The molecule has 7 fully saturated rings. The summed E-state index contributed by atoms with van der Waals surface area (Å²) in [7, 11) is 0. The van der Waals surface area contributed by atoms with Gasteiger partial charge >= 0.3 is 0 Å². The first-order valence-electron chi connectivity index (χ1n) is 20.9. The van der Waals surface area contributed by atoms with Crippen LogP contribution < -0.4 is 0 Å². The van der Waals surface area contributed by atoms with E-state index in [4.69, 9.17) is 23.7 Å². The second-order valence-corrected chi connectivity index (χ2v) is 21.0. The summed E-state index contributed by atoms with van der Waals surface area (Å²) in [6, 6.07) is 0. The van der Waals surface area contributed by atoms with E-state index in [0.717, 1.165) is 38.5 Å². The number of rotatable bonds is 6. The predicted octanol–water partition coefficient (Wildman–Crippen LogP) is 1.78. The highest BCUT2D eigenvalue weighted by atomic mass is 16.7. The van der Waals surface area contributed by atoms with Crippen LogP contribution in [0.25, 0.3) is 0 Å². The minimum absolute atomic E-state index is 0.0414. The van der Waals surface area contributed by atoms with Crippen molar-refractivity contribution in [2.75, 3.05) is 19.8 Å². The molecule has 4 saturated carbocycles. The fourth-order valence-corrected chi connectivity index (χ4v) is 14.3. The number of hydrogen-bond donors (Lipinski definition) is 8. The van der Waals surface area contributed by atoms with E-state index in [9.17, 15) is 40.9 Å². The first kappa shape index (κ1) is 41.0. The van der Waals surface area contributed by atoms with Crippen LogP contribution in [-0.2, 0) is 23.7 Å². The van der Waals surface area contributed by atoms with Gasteiger partial charge < -0.3 is 64.5 Å². The summed E-state index contributed by atoms with van der Waals surface area (Å²) in [6.45, 7) is 15.4. The van der Waals surface area contributed by atoms with Crippen LogP contribution in [0.1, 0.15) is 99.8 Å². The van der Waals surface area contributed by atoms with E-state index in [2.05, 4.69) is 53.7 Å². The summed E-state index contributed by atoms with van der Waals surface area (Å²) in [4.78, 5) is 0. The molecule has 0 aromatic carbocycles. The van der Waals surface area contributed by atoms with Gasteiger partial charge in [0.2, 0.25) is 0 Å². The molecule has 2 bridgehead atoms. The highest BCUT2D eigenvalue weighted by molar-refractivity contribution is 5.36. The van der Waals surface area contributed by atoms with Crippen molar-refractivity contribution < 1.29 is 64.5 Å². The third-order valence-corrected chi connectivity index (χ3v) is 17.9. The number of aliphatic hydroxyl groups excluding tert-OH is 8. The first-order chi connectivity index (χ1) is 25.7. The monoisotopic (exact) mass is 780 g/mol. The number of ether oxygens (including phenoxy) is 5. The molecule has 8 N–H and O–H groups in total. The zero-order valence-electron chi connectivity index (χ0n) is 33.7. The molecule has 5 aliphatic carbocycles. The Bertz CT molecular complexity index is 1490. The molecule has 3 heterocycles. The van der Waals surface area contributed by atoms with E-state index in [-0.39, 0.29) is 46.0 Å². The molecule has 0 amide bonds. The maximum atomic E-state index is 11.3. The Kier molecular flexibility index (Phi) is 9.95. The maximum absolute atomic E-state index is 11.3. The SMILES string of the molecule is C[C@H]1O[C@@H](O[C@H]2CC[C@@]3(C)[C@@H](CC[C@]4(C)[C@@H]3C=C[C@]35OC[C@@]6(CCC(C)(C)C[C@H]63)[C@@H](O[C@@H]3O[C@H](CO)[C@@H](O)[C@H](O)[C@H]3O)C[C@]54C)[C@]2(C)CO)[C@H](O)[C@@H](O)[C@H]1O. The lowest BCUT2D eigenvalue weighted by molar-refractivity contribution is -0.339. The molecule has 3 saturated heterocycles. The van der Waals surface area contributed by atoms with Gasteiger partial charge in [-0.2, -0.15) is 0 Å². The van der Waals surface area contributed by atoms with Gasteiger partial charge in [-0.05, 0) is 86.4 Å². The van der Waals surface area contributed by atoms with Crippen molar-refractivity contribution in [1.29, 1.82) is 0 Å². The predicted molar refractivity (Wildman–Crippen MR) is 197 cm³/mol. The van der Waals surface area contributed by atoms with Gasteiger partial charge in [-0.25, -0.2) is 0 Å². The Hall–Kier alpha value is -0.780. The Balaban J connectivity index is 1.14. The van der Waals surface area contributed by atoms with Crippen molar-refractivity contribution in [2.24, 2.45) is 50.2 Å². The van der Waals surface area contributed by atoms with Crippen molar-refractivity contribution >= 4 is 0 Å². The topological polar surface area (TPSA) is 208 Å². The molecule has 0 radical (unpaired) electrons. The van der Waals surface area contributed by atoms with E-state index >= 15 is 0 Å². The smallest absolute Gasteiger partial charge is 0.186 e. The average Bonchev–Trinajstić information content (AvgIpc) is 3.41. The summed E-state index contributed by atoms with van der Waals surface area (Å²) in [5.41, 5.74) is -2.54. The molecular weight excluding hydrogens is 712 g/mol. The molecule has 0 aromatic rings. The van der Waals surface area contributed by atoms with Crippen LogP contribution in [0, 0.1) is 50.2 Å².